The topological polar surface area (TPSA) is 54.0 Å². The minimum absolute atomic E-state index is 0.149. The van der Waals surface area contributed by atoms with Crippen molar-refractivity contribution in [2.24, 2.45) is 0 Å². The molecule has 0 aliphatic heterocycles. The molecular weight excluding hydrogens is 238 g/mol. The fourth-order valence-electron chi connectivity index (χ4n) is 1.74. The van der Waals surface area contributed by atoms with Crippen LogP contribution in [0.3, 0.4) is 0 Å². The van der Waals surface area contributed by atoms with Gasteiger partial charge in [-0.05, 0) is 43.2 Å². The summed E-state index contributed by atoms with van der Waals surface area (Å²) in [5, 5.41) is 5.82. The second-order valence-electron chi connectivity index (χ2n) is 4.45. The van der Waals surface area contributed by atoms with Crippen molar-refractivity contribution in [1.29, 1.82) is 0 Å². The fraction of sp³-hybridized carbons (Fsp3) is 0.200. The standard InChI is InChI=1S/C15H17N3O/c1-10-4-5-11(2)13(8-10)18-15(19)12-6-7-14(16-3)17-9-12/h4-9H,1-3H3,(H,16,17)(H,18,19). The largest absolute Gasteiger partial charge is 0.373 e. The summed E-state index contributed by atoms with van der Waals surface area (Å²) >= 11 is 0. The number of carbonyl (C=O) groups excluding carboxylic acids is 1. The molecule has 98 valence electrons. The number of amides is 1. The Morgan fingerprint density at radius 3 is 2.58 bits per heavy atom. The summed E-state index contributed by atoms with van der Waals surface area (Å²) in [6.07, 6.45) is 1.56. The maximum atomic E-state index is 12.1. The molecule has 0 saturated carbocycles. The van der Waals surface area contributed by atoms with Gasteiger partial charge >= 0.3 is 0 Å². The number of hydrogen-bond donors (Lipinski definition) is 2. The van der Waals surface area contributed by atoms with E-state index >= 15 is 0 Å². The lowest BCUT2D eigenvalue weighted by atomic mass is 10.1. The Morgan fingerprint density at radius 2 is 1.95 bits per heavy atom. The Bertz CT molecular complexity index is 591. The van der Waals surface area contributed by atoms with Crippen molar-refractivity contribution in [3.05, 3.63) is 53.2 Å². The molecule has 4 nitrogen and oxygen atoms in total. The van der Waals surface area contributed by atoms with Crippen LogP contribution in [0.5, 0.6) is 0 Å². The number of pyridine rings is 1. The van der Waals surface area contributed by atoms with Gasteiger partial charge in [0.15, 0.2) is 0 Å². The van der Waals surface area contributed by atoms with Gasteiger partial charge in [-0.15, -0.1) is 0 Å². The number of hydrogen-bond acceptors (Lipinski definition) is 3. The van der Waals surface area contributed by atoms with Crippen molar-refractivity contribution >= 4 is 17.4 Å². The van der Waals surface area contributed by atoms with Gasteiger partial charge in [0, 0.05) is 18.9 Å². The molecule has 0 aliphatic rings. The van der Waals surface area contributed by atoms with Crippen molar-refractivity contribution in [2.75, 3.05) is 17.7 Å². The van der Waals surface area contributed by atoms with E-state index in [2.05, 4.69) is 15.6 Å². The van der Waals surface area contributed by atoms with E-state index < -0.39 is 0 Å². The maximum Gasteiger partial charge on any atom is 0.257 e. The predicted molar refractivity (Wildman–Crippen MR) is 77.7 cm³/mol. The van der Waals surface area contributed by atoms with Crippen LogP contribution in [0.1, 0.15) is 21.5 Å². The SMILES string of the molecule is CNc1ccc(C(=O)Nc2cc(C)ccc2C)cn1. The van der Waals surface area contributed by atoms with Gasteiger partial charge in [0.2, 0.25) is 0 Å². The van der Waals surface area contributed by atoms with Crippen LogP contribution in [0.15, 0.2) is 36.5 Å². The van der Waals surface area contributed by atoms with E-state index in [0.29, 0.717) is 5.56 Å². The molecule has 1 heterocycles. The Kier molecular flexibility index (Phi) is 3.80. The number of nitrogens with one attached hydrogen (secondary N) is 2. The lowest BCUT2D eigenvalue weighted by Crippen LogP contribution is -2.13. The van der Waals surface area contributed by atoms with E-state index in [1.165, 1.54) is 0 Å². The molecule has 1 aromatic carbocycles. The van der Waals surface area contributed by atoms with Gasteiger partial charge < -0.3 is 10.6 Å². The van der Waals surface area contributed by atoms with Crippen LogP contribution in [0, 0.1) is 13.8 Å². The molecule has 2 aromatic rings. The summed E-state index contributed by atoms with van der Waals surface area (Å²) in [7, 11) is 1.79. The second kappa shape index (κ2) is 5.52. The lowest BCUT2D eigenvalue weighted by Gasteiger charge is -2.09. The van der Waals surface area contributed by atoms with Gasteiger partial charge in [-0.25, -0.2) is 4.98 Å². The Morgan fingerprint density at radius 1 is 1.16 bits per heavy atom. The zero-order valence-corrected chi connectivity index (χ0v) is 11.3. The molecule has 0 atom stereocenters. The average Bonchev–Trinajstić information content (AvgIpc) is 2.43. The first-order chi connectivity index (χ1) is 9.10. The van der Waals surface area contributed by atoms with Crippen molar-refractivity contribution in [3.63, 3.8) is 0 Å². The predicted octanol–water partition coefficient (Wildman–Crippen LogP) is 2.99. The minimum atomic E-state index is -0.149. The van der Waals surface area contributed by atoms with Gasteiger partial charge in [0.1, 0.15) is 5.82 Å². The normalized spacial score (nSPS) is 10.1. The third kappa shape index (κ3) is 3.10. The highest BCUT2D eigenvalue weighted by Crippen LogP contribution is 2.17. The van der Waals surface area contributed by atoms with E-state index in [-0.39, 0.29) is 5.91 Å². The molecule has 1 amide bonds. The summed E-state index contributed by atoms with van der Waals surface area (Å²) in [6.45, 7) is 3.97. The first kappa shape index (κ1) is 13.1. The van der Waals surface area contributed by atoms with E-state index in [4.69, 9.17) is 0 Å². The summed E-state index contributed by atoms with van der Waals surface area (Å²) < 4.78 is 0. The number of nitrogens with zero attached hydrogens (tertiary/aromatic N) is 1. The highest BCUT2D eigenvalue weighted by molar-refractivity contribution is 6.04. The van der Waals surface area contributed by atoms with Gasteiger partial charge in [-0.2, -0.15) is 0 Å². The molecule has 4 heteroatoms. The quantitative estimate of drug-likeness (QED) is 0.886. The molecule has 0 fully saturated rings. The van der Waals surface area contributed by atoms with E-state index in [1.807, 2.05) is 32.0 Å². The Hall–Kier alpha value is -2.36. The molecule has 0 radical (unpaired) electrons. The van der Waals surface area contributed by atoms with Gasteiger partial charge in [-0.3, -0.25) is 4.79 Å². The number of anilines is 2. The Balaban J connectivity index is 2.18. The summed E-state index contributed by atoms with van der Waals surface area (Å²) in [4.78, 5) is 16.2. The van der Waals surface area contributed by atoms with Crippen molar-refractivity contribution in [1.82, 2.24) is 4.98 Å². The van der Waals surface area contributed by atoms with Crippen LogP contribution < -0.4 is 10.6 Å². The first-order valence-corrected chi connectivity index (χ1v) is 6.12. The Labute approximate surface area is 112 Å². The zero-order chi connectivity index (χ0) is 13.8. The molecule has 2 rings (SSSR count). The van der Waals surface area contributed by atoms with E-state index in [9.17, 15) is 4.79 Å². The summed E-state index contributed by atoms with van der Waals surface area (Å²) in [5.41, 5.74) is 3.53. The molecule has 19 heavy (non-hydrogen) atoms. The van der Waals surface area contributed by atoms with E-state index in [0.717, 1.165) is 22.6 Å². The van der Waals surface area contributed by atoms with Gasteiger partial charge in [0.25, 0.3) is 5.91 Å². The molecule has 0 unspecified atom stereocenters. The number of aryl methyl sites for hydroxylation is 2. The molecule has 0 aliphatic carbocycles. The van der Waals surface area contributed by atoms with Crippen LogP contribution in [-0.2, 0) is 0 Å². The molecule has 0 bridgehead atoms. The third-order valence-electron chi connectivity index (χ3n) is 2.92. The molecule has 0 spiro atoms. The highest BCUT2D eigenvalue weighted by atomic mass is 16.1. The third-order valence-corrected chi connectivity index (χ3v) is 2.92. The van der Waals surface area contributed by atoms with Crippen molar-refractivity contribution < 1.29 is 4.79 Å². The highest BCUT2D eigenvalue weighted by Gasteiger charge is 2.08. The average molecular weight is 255 g/mol. The lowest BCUT2D eigenvalue weighted by molar-refractivity contribution is 0.102. The van der Waals surface area contributed by atoms with E-state index in [1.54, 1.807) is 25.4 Å². The molecule has 0 saturated heterocycles. The van der Waals surface area contributed by atoms with Crippen molar-refractivity contribution in [2.45, 2.75) is 13.8 Å². The minimum Gasteiger partial charge on any atom is -0.373 e. The fourth-order valence-corrected chi connectivity index (χ4v) is 1.74. The second-order valence-corrected chi connectivity index (χ2v) is 4.45. The number of aromatic nitrogens is 1. The van der Waals surface area contributed by atoms with Gasteiger partial charge in [-0.1, -0.05) is 12.1 Å². The zero-order valence-electron chi connectivity index (χ0n) is 11.3. The van der Waals surface area contributed by atoms with Crippen LogP contribution >= 0.6 is 0 Å². The molecular formula is C15H17N3O. The molecule has 1 aromatic heterocycles. The number of carbonyl (C=O) groups is 1. The molecule has 2 N–H and O–H groups in total. The van der Waals surface area contributed by atoms with Gasteiger partial charge in [0.05, 0.1) is 5.56 Å². The smallest absolute Gasteiger partial charge is 0.257 e. The first-order valence-electron chi connectivity index (χ1n) is 6.12. The monoisotopic (exact) mass is 255 g/mol. The van der Waals surface area contributed by atoms with Crippen LogP contribution in [0.2, 0.25) is 0 Å². The van der Waals surface area contributed by atoms with Crippen LogP contribution in [0.4, 0.5) is 11.5 Å². The maximum absolute atomic E-state index is 12.1. The van der Waals surface area contributed by atoms with Crippen molar-refractivity contribution in [3.8, 4) is 0 Å². The summed E-state index contributed by atoms with van der Waals surface area (Å²) in [5.74, 6) is 0.590. The number of rotatable bonds is 3. The van der Waals surface area contributed by atoms with Crippen LogP contribution in [-0.4, -0.2) is 17.9 Å². The summed E-state index contributed by atoms with van der Waals surface area (Å²) in [6, 6.07) is 9.50. The van der Waals surface area contributed by atoms with Crippen LogP contribution in [0.25, 0.3) is 0 Å². The number of benzene rings is 1.